The van der Waals surface area contributed by atoms with E-state index in [1.807, 2.05) is 13.8 Å². The fraction of sp³-hybridized carbons (Fsp3) is 0.364. The second kappa shape index (κ2) is 10.3. The number of carbonyl (C=O) groups is 2. The van der Waals surface area contributed by atoms with Crippen LogP contribution in [0.3, 0.4) is 0 Å². The van der Waals surface area contributed by atoms with Gasteiger partial charge in [-0.3, -0.25) is 9.59 Å². The van der Waals surface area contributed by atoms with E-state index in [1.54, 1.807) is 19.1 Å². The molecule has 0 aliphatic carbocycles. The Morgan fingerprint density at radius 2 is 1.76 bits per heavy atom. The van der Waals surface area contributed by atoms with Gasteiger partial charge < -0.3 is 10.2 Å². The molecule has 4 nitrogen and oxygen atoms in total. The minimum absolute atomic E-state index is 0.0475. The number of benzene rings is 2. The Morgan fingerprint density at radius 1 is 1.10 bits per heavy atom. The number of nitrogens with one attached hydrogen (secondary N) is 1. The van der Waals surface area contributed by atoms with Crippen molar-refractivity contribution < 1.29 is 18.4 Å². The summed E-state index contributed by atoms with van der Waals surface area (Å²) in [5.41, 5.74) is 0.736. The minimum atomic E-state index is -0.799. The van der Waals surface area contributed by atoms with Crippen LogP contribution in [0.4, 0.5) is 8.78 Å². The molecule has 2 aromatic carbocycles. The number of hydrogen-bond donors (Lipinski definition) is 1. The first kappa shape index (κ1) is 22.8. The molecule has 0 bridgehead atoms. The van der Waals surface area contributed by atoms with Gasteiger partial charge in [-0.25, -0.2) is 8.78 Å². The van der Waals surface area contributed by atoms with Crippen molar-refractivity contribution in [1.82, 2.24) is 10.2 Å². The van der Waals surface area contributed by atoms with Crippen LogP contribution in [0, 0.1) is 11.6 Å². The summed E-state index contributed by atoms with van der Waals surface area (Å²) in [6, 6.07) is 9.03. The Morgan fingerprint density at radius 3 is 2.34 bits per heavy atom. The summed E-state index contributed by atoms with van der Waals surface area (Å²) in [4.78, 5) is 27.0. The quantitative estimate of drug-likeness (QED) is 0.681. The molecule has 156 valence electrons. The third kappa shape index (κ3) is 6.26. The highest BCUT2D eigenvalue weighted by Crippen LogP contribution is 2.21. The molecule has 7 heteroatoms. The molecule has 0 aromatic heterocycles. The van der Waals surface area contributed by atoms with Gasteiger partial charge in [-0.1, -0.05) is 36.7 Å². The van der Waals surface area contributed by atoms with Gasteiger partial charge in [0.1, 0.15) is 17.7 Å². The van der Waals surface area contributed by atoms with Crippen LogP contribution in [-0.4, -0.2) is 28.8 Å². The van der Waals surface area contributed by atoms with Gasteiger partial charge in [-0.15, -0.1) is 0 Å². The maximum absolute atomic E-state index is 14.1. The molecule has 0 fully saturated rings. The zero-order valence-electron chi connectivity index (χ0n) is 16.7. The summed E-state index contributed by atoms with van der Waals surface area (Å²) in [6.07, 6.45) is 0.461. The first-order chi connectivity index (χ1) is 13.7. The highest BCUT2D eigenvalue weighted by atomic mass is 35.5. The molecule has 0 unspecified atom stereocenters. The van der Waals surface area contributed by atoms with Crippen molar-refractivity contribution in [3.05, 3.63) is 70.2 Å². The fourth-order valence-corrected chi connectivity index (χ4v) is 3.02. The Hall–Kier alpha value is -2.47. The zero-order valence-corrected chi connectivity index (χ0v) is 17.5. The molecule has 0 radical (unpaired) electrons. The third-order valence-electron chi connectivity index (χ3n) is 4.82. The fourth-order valence-electron chi connectivity index (χ4n) is 2.79. The van der Waals surface area contributed by atoms with Gasteiger partial charge in [0.05, 0.1) is 6.42 Å². The maximum atomic E-state index is 14.1. The van der Waals surface area contributed by atoms with Crippen LogP contribution in [0.25, 0.3) is 0 Å². The molecule has 2 aromatic rings. The monoisotopic (exact) mass is 422 g/mol. The predicted octanol–water partition coefficient (Wildman–Crippen LogP) is 4.49. The average molecular weight is 423 g/mol. The van der Waals surface area contributed by atoms with Crippen LogP contribution < -0.4 is 5.32 Å². The number of halogens is 3. The van der Waals surface area contributed by atoms with Crippen molar-refractivity contribution in [1.29, 1.82) is 0 Å². The molecule has 0 saturated carbocycles. The predicted molar refractivity (Wildman–Crippen MR) is 109 cm³/mol. The SMILES string of the molecule is CC[C@H](C)NC(=O)[C@@H](C)N(Cc1ccc(F)cc1)C(=O)Cc1c(F)cccc1Cl. The Kier molecular flexibility index (Phi) is 8.14. The van der Waals surface area contributed by atoms with Crippen LogP contribution in [-0.2, 0) is 22.6 Å². The third-order valence-corrected chi connectivity index (χ3v) is 5.18. The van der Waals surface area contributed by atoms with Gasteiger partial charge in [-0.05, 0) is 50.1 Å². The van der Waals surface area contributed by atoms with E-state index >= 15 is 0 Å². The second-order valence-electron chi connectivity index (χ2n) is 7.02. The topological polar surface area (TPSA) is 49.4 Å². The van der Waals surface area contributed by atoms with Crippen molar-refractivity contribution in [2.75, 3.05) is 0 Å². The smallest absolute Gasteiger partial charge is 0.242 e. The molecule has 29 heavy (non-hydrogen) atoms. The van der Waals surface area contributed by atoms with Crippen molar-refractivity contribution in [3.63, 3.8) is 0 Å². The summed E-state index contributed by atoms with van der Waals surface area (Å²) >= 11 is 6.05. The van der Waals surface area contributed by atoms with Gasteiger partial charge in [0, 0.05) is 23.2 Å². The number of nitrogens with zero attached hydrogens (tertiary/aromatic N) is 1. The molecule has 2 rings (SSSR count). The molecule has 0 aliphatic heterocycles. The van der Waals surface area contributed by atoms with E-state index in [0.29, 0.717) is 5.56 Å². The van der Waals surface area contributed by atoms with Gasteiger partial charge in [-0.2, -0.15) is 0 Å². The lowest BCUT2D eigenvalue weighted by atomic mass is 10.1. The molecule has 0 spiro atoms. The lowest BCUT2D eigenvalue weighted by Gasteiger charge is -2.30. The maximum Gasteiger partial charge on any atom is 0.242 e. The van der Waals surface area contributed by atoms with E-state index in [2.05, 4.69) is 5.32 Å². The van der Waals surface area contributed by atoms with Gasteiger partial charge in [0.2, 0.25) is 11.8 Å². The normalized spacial score (nSPS) is 12.9. The summed E-state index contributed by atoms with van der Waals surface area (Å²) in [5.74, 6) is -1.74. The molecule has 0 saturated heterocycles. The van der Waals surface area contributed by atoms with Gasteiger partial charge in [0.15, 0.2) is 0 Å². The van der Waals surface area contributed by atoms with Crippen LogP contribution in [0.15, 0.2) is 42.5 Å². The van der Waals surface area contributed by atoms with E-state index in [1.165, 1.54) is 35.2 Å². The number of hydrogen-bond acceptors (Lipinski definition) is 2. The highest BCUT2D eigenvalue weighted by molar-refractivity contribution is 6.31. The van der Waals surface area contributed by atoms with Gasteiger partial charge in [0.25, 0.3) is 0 Å². The number of amides is 2. The Labute approximate surface area is 174 Å². The van der Waals surface area contributed by atoms with Crippen LogP contribution in [0.1, 0.15) is 38.3 Å². The summed E-state index contributed by atoms with van der Waals surface area (Å²) in [6.45, 7) is 5.51. The highest BCUT2D eigenvalue weighted by Gasteiger charge is 2.28. The molecule has 0 heterocycles. The largest absolute Gasteiger partial charge is 0.352 e. The van der Waals surface area contributed by atoms with Crippen molar-refractivity contribution in [3.8, 4) is 0 Å². The zero-order chi connectivity index (χ0) is 21.6. The minimum Gasteiger partial charge on any atom is -0.352 e. The first-order valence-corrected chi connectivity index (χ1v) is 9.87. The van der Waals surface area contributed by atoms with Crippen molar-refractivity contribution in [2.45, 2.75) is 52.2 Å². The molecule has 2 atom stereocenters. The molecule has 2 amide bonds. The van der Waals surface area contributed by atoms with E-state index in [9.17, 15) is 18.4 Å². The lowest BCUT2D eigenvalue weighted by Crippen LogP contribution is -2.50. The van der Waals surface area contributed by atoms with Crippen molar-refractivity contribution in [2.24, 2.45) is 0 Å². The van der Waals surface area contributed by atoms with E-state index in [0.717, 1.165) is 6.42 Å². The Balaban J connectivity index is 2.28. The van der Waals surface area contributed by atoms with Gasteiger partial charge >= 0.3 is 0 Å². The lowest BCUT2D eigenvalue weighted by molar-refractivity contribution is -0.140. The number of carbonyl (C=O) groups excluding carboxylic acids is 2. The summed E-state index contributed by atoms with van der Waals surface area (Å²) < 4.78 is 27.4. The second-order valence-corrected chi connectivity index (χ2v) is 7.43. The Bertz CT molecular complexity index is 838. The molecular weight excluding hydrogens is 398 g/mol. The molecule has 1 N–H and O–H groups in total. The van der Waals surface area contributed by atoms with Crippen molar-refractivity contribution >= 4 is 23.4 Å². The average Bonchev–Trinajstić information content (AvgIpc) is 2.69. The summed E-state index contributed by atoms with van der Waals surface area (Å²) in [5, 5.41) is 3.00. The van der Waals surface area contributed by atoms with Crippen LogP contribution >= 0.6 is 11.6 Å². The van der Waals surface area contributed by atoms with Crippen LogP contribution in [0.5, 0.6) is 0 Å². The molecule has 0 aliphatic rings. The van der Waals surface area contributed by atoms with E-state index in [4.69, 9.17) is 11.6 Å². The van der Waals surface area contributed by atoms with E-state index < -0.39 is 23.6 Å². The molecular formula is C22H25ClF2N2O2. The standard InChI is InChI=1S/C22H25ClF2N2O2/c1-4-14(2)26-22(29)15(3)27(13-16-8-10-17(24)11-9-16)21(28)12-18-19(23)6-5-7-20(18)25/h5-11,14-15H,4,12-13H2,1-3H3,(H,26,29)/t14-,15+/m0/s1. The summed E-state index contributed by atoms with van der Waals surface area (Å²) in [7, 11) is 0. The first-order valence-electron chi connectivity index (χ1n) is 9.50. The van der Waals surface area contributed by atoms with Crippen LogP contribution in [0.2, 0.25) is 5.02 Å². The van der Waals surface area contributed by atoms with E-state index in [-0.39, 0.29) is 35.5 Å². The number of rotatable bonds is 8.